The maximum Gasteiger partial charge on any atom is 0.291 e. The van der Waals surface area contributed by atoms with E-state index in [1.54, 1.807) is 23.5 Å². The first kappa shape index (κ1) is 19.9. The minimum Gasteiger partial charge on any atom is -0.459 e. The van der Waals surface area contributed by atoms with Crippen molar-refractivity contribution in [2.45, 2.75) is 26.8 Å². The number of quaternary nitrogens is 1. The third-order valence-electron chi connectivity index (χ3n) is 5.65. The number of morpholine rings is 1. The molecule has 0 bridgehead atoms. The lowest BCUT2D eigenvalue weighted by Crippen LogP contribution is -3.14. The Morgan fingerprint density at radius 3 is 2.48 bits per heavy atom. The summed E-state index contributed by atoms with van der Waals surface area (Å²) >= 11 is 1.64. The summed E-state index contributed by atoms with van der Waals surface area (Å²) in [5, 5.41) is 4.02. The van der Waals surface area contributed by atoms with Crippen molar-refractivity contribution >= 4 is 22.2 Å². The molecule has 0 radical (unpaired) electrons. The van der Waals surface area contributed by atoms with Crippen LogP contribution in [0.2, 0.25) is 0 Å². The van der Waals surface area contributed by atoms with Crippen LogP contribution >= 0.6 is 11.3 Å². The predicted molar refractivity (Wildman–Crippen MR) is 115 cm³/mol. The number of benzene rings is 1. The van der Waals surface area contributed by atoms with Gasteiger partial charge < -0.3 is 19.4 Å². The standard InChI is InChI=1S/C23H26N2O3S/c1-15-6-8-18(9-7-15)21(25-10-13-27-14-11-25)20-16(2)17(3)29-23(20)24-22(26)19-5-4-12-28-19/h4-9,12,21H,10-11,13-14H2,1-3H3,(H,24,26)/p+1/t21-/m1/s1. The molecule has 0 aliphatic carbocycles. The number of thiophene rings is 1. The van der Waals surface area contributed by atoms with Crippen molar-refractivity contribution in [2.75, 3.05) is 31.6 Å². The first-order chi connectivity index (χ1) is 14.0. The summed E-state index contributed by atoms with van der Waals surface area (Å²) in [6.07, 6.45) is 1.52. The van der Waals surface area contributed by atoms with Crippen LogP contribution in [0.15, 0.2) is 47.1 Å². The second-order valence-corrected chi connectivity index (χ2v) is 8.80. The largest absolute Gasteiger partial charge is 0.459 e. The van der Waals surface area contributed by atoms with E-state index in [1.165, 1.54) is 38.3 Å². The number of hydrogen-bond donors (Lipinski definition) is 2. The zero-order valence-electron chi connectivity index (χ0n) is 17.1. The van der Waals surface area contributed by atoms with Crippen molar-refractivity contribution < 1.29 is 18.8 Å². The zero-order chi connectivity index (χ0) is 20.4. The van der Waals surface area contributed by atoms with Crippen LogP contribution in [0.5, 0.6) is 0 Å². The molecule has 3 aromatic rings. The normalized spacial score (nSPS) is 16.0. The molecule has 1 aromatic carbocycles. The van der Waals surface area contributed by atoms with Crippen LogP contribution in [-0.4, -0.2) is 32.2 Å². The fraction of sp³-hybridized carbons (Fsp3) is 0.348. The number of anilines is 1. The lowest BCUT2D eigenvalue weighted by molar-refractivity contribution is -0.933. The van der Waals surface area contributed by atoms with E-state index in [0.29, 0.717) is 5.76 Å². The van der Waals surface area contributed by atoms with E-state index in [0.717, 1.165) is 31.3 Å². The van der Waals surface area contributed by atoms with Gasteiger partial charge in [0.25, 0.3) is 5.91 Å². The van der Waals surface area contributed by atoms with Crippen LogP contribution < -0.4 is 10.2 Å². The van der Waals surface area contributed by atoms with Crippen molar-refractivity contribution in [1.82, 2.24) is 0 Å². The Hall–Kier alpha value is -2.41. The van der Waals surface area contributed by atoms with Crippen molar-refractivity contribution in [2.24, 2.45) is 0 Å². The summed E-state index contributed by atoms with van der Waals surface area (Å²) in [4.78, 5) is 15.4. The van der Waals surface area contributed by atoms with Crippen molar-refractivity contribution in [1.29, 1.82) is 0 Å². The van der Waals surface area contributed by atoms with Crippen molar-refractivity contribution in [3.8, 4) is 0 Å². The Morgan fingerprint density at radius 1 is 1.10 bits per heavy atom. The Balaban J connectivity index is 1.77. The van der Waals surface area contributed by atoms with Gasteiger partial charge in [0, 0.05) is 10.4 Å². The van der Waals surface area contributed by atoms with Crippen LogP contribution in [0.4, 0.5) is 5.00 Å². The summed E-state index contributed by atoms with van der Waals surface area (Å²) in [5.41, 5.74) is 4.96. The Bertz CT molecular complexity index is 970. The van der Waals surface area contributed by atoms with Gasteiger partial charge in [-0.25, -0.2) is 0 Å². The lowest BCUT2D eigenvalue weighted by atomic mass is 9.94. The van der Waals surface area contributed by atoms with Gasteiger partial charge in [0.05, 0.1) is 25.0 Å². The van der Waals surface area contributed by atoms with Crippen molar-refractivity contribution in [3.63, 3.8) is 0 Å². The quantitative estimate of drug-likeness (QED) is 0.675. The fourth-order valence-corrected chi connectivity index (χ4v) is 5.04. The monoisotopic (exact) mass is 411 g/mol. The second kappa shape index (κ2) is 8.53. The number of carbonyl (C=O) groups excluding carboxylic acids is 1. The molecule has 6 heteroatoms. The summed E-state index contributed by atoms with van der Waals surface area (Å²) < 4.78 is 10.9. The highest BCUT2D eigenvalue weighted by Gasteiger charge is 2.33. The number of amides is 1. The topological polar surface area (TPSA) is 55.9 Å². The van der Waals surface area contributed by atoms with E-state index >= 15 is 0 Å². The SMILES string of the molecule is Cc1ccc([C@H](c2c(NC(=O)c3ccco3)sc(C)c2C)[NH+]2CCOCC2)cc1. The van der Waals surface area contributed by atoms with Crippen molar-refractivity contribution in [3.05, 3.63) is 75.6 Å². The summed E-state index contributed by atoms with van der Waals surface area (Å²) in [5.74, 6) is 0.113. The summed E-state index contributed by atoms with van der Waals surface area (Å²) in [7, 11) is 0. The van der Waals surface area contributed by atoms with Crippen LogP contribution in [0.1, 0.15) is 43.7 Å². The molecule has 0 spiro atoms. The van der Waals surface area contributed by atoms with Gasteiger partial charge >= 0.3 is 0 Å². The molecule has 1 fully saturated rings. The molecule has 1 aliphatic heterocycles. The van der Waals surface area contributed by atoms with Gasteiger partial charge in [0.2, 0.25) is 0 Å². The number of ether oxygens (including phenoxy) is 1. The van der Waals surface area contributed by atoms with Crippen LogP contribution in [0, 0.1) is 20.8 Å². The van der Waals surface area contributed by atoms with E-state index in [1.807, 2.05) is 0 Å². The molecule has 1 atom stereocenters. The smallest absolute Gasteiger partial charge is 0.291 e. The molecule has 1 aliphatic rings. The highest BCUT2D eigenvalue weighted by atomic mass is 32.1. The number of carbonyl (C=O) groups is 1. The Kier molecular flexibility index (Phi) is 5.85. The van der Waals surface area contributed by atoms with Gasteiger partial charge in [0.15, 0.2) is 5.76 Å². The first-order valence-electron chi connectivity index (χ1n) is 9.98. The molecule has 0 unspecified atom stereocenters. The van der Waals surface area contributed by atoms with Gasteiger partial charge in [-0.2, -0.15) is 0 Å². The average Bonchev–Trinajstić information content (AvgIpc) is 3.35. The number of nitrogens with one attached hydrogen (secondary N) is 2. The lowest BCUT2D eigenvalue weighted by Gasteiger charge is -2.32. The molecule has 152 valence electrons. The highest BCUT2D eigenvalue weighted by Crippen LogP contribution is 2.38. The number of rotatable bonds is 5. The molecule has 1 saturated heterocycles. The summed E-state index contributed by atoms with van der Waals surface area (Å²) in [6.45, 7) is 9.78. The minimum absolute atomic E-state index is 0.149. The molecule has 1 amide bonds. The van der Waals surface area contributed by atoms with Gasteiger partial charge in [-0.3, -0.25) is 4.79 Å². The number of furan rings is 1. The molecule has 3 heterocycles. The third kappa shape index (κ3) is 4.15. The molecule has 29 heavy (non-hydrogen) atoms. The number of aryl methyl sites for hydroxylation is 2. The molecule has 2 aromatic heterocycles. The van der Waals surface area contributed by atoms with Gasteiger partial charge in [0.1, 0.15) is 24.1 Å². The van der Waals surface area contributed by atoms with Gasteiger partial charge in [-0.05, 0) is 38.5 Å². The fourth-order valence-electron chi connectivity index (χ4n) is 3.95. The first-order valence-corrected chi connectivity index (χ1v) is 10.8. The molecule has 4 rings (SSSR count). The van der Waals surface area contributed by atoms with E-state index in [9.17, 15) is 4.79 Å². The molecule has 5 nitrogen and oxygen atoms in total. The van der Waals surface area contributed by atoms with E-state index in [4.69, 9.17) is 9.15 Å². The van der Waals surface area contributed by atoms with E-state index < -0.39 is 0 Å². The summed E-state index contributed by atoms with van der Waals surface area (Å²) in [6, 6.07) is 12.3. The number of hydrogen-bond acceptors (Lipinski definition) is 4. The molecular formula is C23H27N2O3S+. The average molecular weight is 412 g/mol. The zero-order valence-corrected chi connectivity index (χ0v) is 17.9. The maximum atomic E-state index is 12.7. The van der Waals surface area contributed by atoms with Gasteiger partial charge in [-0.15, -0.1) is 11.3 Å². The predicted octanol–water partition coefficient (Wildman–Crippen LogP) is 3.52. The highest BCUT2D eigenvalue weighted by molar-refractivity contribution is 7.16. The van der Waals surface area contributed by atoms with Gasteiger partial charge in [-0.1, -0.05) is 29.8 Å². The Labute approximate surface area is 175 Å². The molecule has 2 N–H and O–H groups in total. The van der Waals surface area contributed by atoms with Crippen LogP contribution in [0.3, 0.4) is 0 Å². The molecular weight excluding hydrogens is 384 g/mol. The van der Waals surface area contributed by atoms with Crippen LogP contribution in [0.25, 0.3) is 0 Å². The minimum atomic E-state index is -0.211. The molecule has 0 saturated carbocycles. The van der Waals surface area contributed by atoms with E-state index in [2.05, 4.69) is 50.4 Å². The maximum absolute atomic E-state index is 12.7. The Morgan fingerprint density at radius 2 is 1.83 bits per heavy atom. The van der Waals surface area contributed by atoms with Crippen LogP contribution in [-0.2, 0) is 4.74 Å². The second-order valence-electron chi connectivity index (χ2n) is 7.57. The third-order valence-corrected chi connectivity index (χ3v) is 6.79. The van der Waals surface area contributed by atoms with E-state index in [-0.39, 0.29) is 11.9 Å².